The number of hydrogen-bond donors (Lipinski definition) is 0. The molecule has 0 spiro atoms. The molecule has 1 aliphatic heterocycles. The summed E-state index contributed by atoms with van der Waals surface area (Å²) in [6, 6.07) is 14.6. The van der Waals surface area contributed by atoms with Gasteiger partial charge in [-0.3, -0.25) is 9.78 Å². The summed E-state index contributed by atoms with van der Waals surface area (Å²) in [5.41, 5.74) is 3.09. The van der Waals surface area contributed by atoms with Crippen LogP contribution in [0.3, 0.4) is 0 Å². The predicted molar refractivity (Wildman–Crippen MR) is 128 cm³/mol. The quantitative estimate of drug-likeness (QED) is 0.394. The Hall–Kier alpha value is -4.33. The van der Waals surface area contributed by atoms with E-state index in [1.54, 1.807) is 42.3 Å². The lowest BCUT2D eigenvalue weighted by molar-refractivity contribution is 0.0527. The number of ether oxygens (including phenoxy) is 2. The second-order valence-electron chi connectivity index (χ2n) is 7.87. The first-order valence-corrected chi connectivity index (χ1v) is 11.0. The Labute approximate surface area is 196 Å². The van der Waals surface area contributed by atoms with E-state index in [1.807, 2.05) is 31.3 Å². The molecule has 1 aliphatic rings. The second kappa shape index (κ2) is 8.90. The van der Waals surface area contributed by atoms with Crippen LogP contribution in [0.1, 0.15) is 27.6 Å². The molecule has 2 aromatic heterocycles. The van der Waals surface area contributed by atoms with E-state index in [4.69, 9.17) is 13.9 Å². The number of carbonyl (C=O) groups is 2. The number of aromatic nitrogens is 1. The highest BCUT2D eigenvalue weighted by atomic mass is 16.5. The lowest BCUT2D eigenvalue weighted by Gasteiger charge is -2.35. The van der Waals surface area contributed by atoms with Crippen LogP contribution in [0.15, 0.2) is 71.6 Å². The van der Waals surface area contributed by atoms with Crippen LogP contribution in [0, 0.1) is 0 Å². The standard InChI is InChI=1S/C26H23N3O5/c1-3-32-26(31)20-16-33-23-9-8-17(14-19(20)23)34-24-15-27-11-10-18(24)25(30)29-13-12-28(2)21-6-4-5-7-22(21)29/h4-11,14-16H,3,12-13H2,1-2H3. The van der Waals surface area contributed by atoms with Crippen molar-refractivity contribution in [3.8, 4) is 11.5 Å². The summed E-state index contributed by atoms with van der Waals surface area (Å²) < 4.78 is 16.7. The number of amides is 1. The van der Waals surface area contributed by atoms with Crippen LogP contribution >= 0.6 is 0 Å². The van der Waals surface area contributed by atoms with Crippen LogP contribution in [0.5, 0.6) is 11.5 Å². The Balaban J connectivity index is 1.47. The van der Waals surface area contributed by atoms with E-state index in [0.717, 1.165) is 17.9 Å². The highest BCUT2D eigenvalue weighted by Crippen LogP contribution is 2.35. The van der Waals surface area contributed by atoms with Gasteiger partial charge in [-0.05, 0) is 43.3 Å². The van der Waals surface area contributed by atoms with Crippen molar-refractivity contribution in [2.24, 2.45) is 0 Å². The average molecular weight is 457 g/mol. The lowest BCUT2D eigenvalue weighted by Crippen LogP contribution is -2.42. The first-order valence-electron chi connectivity index (χ1n) is 11.0. The van der Waals surface area contributed by atoms with Crippen LogP contribution in [0.2, 0.25) is 0 Å². The van der Waals surface area contributed by atoms with Crippen molar-refractivity contribution in [2.45, 2.75) is 6.92 Å². The Bertz CT molecular complexity index is 1380. The van der Waals surface area contributed by atoms with Gasteiger partial charge in [0.2, 0.25) is 0 Å². The minimum Gasteiger partial charge on any atom is -0.463 e. The molecule has 34 heavy (non-hydrogen) atoms. The lowest BCUT2D eigenvalue weighted by atomic mass is 10.1. The molecular formula is C26H23N3O5. The third-order valence-electron chi connectivity index (χ3n) is 5.77. The summed E-state index contributed by atoms with van der Waals surface area (Å²) >= 11 is 0. The molecule has 0 atom stereocenters. The van der Waals surface area contributed by atoms with Gasteiger partial charge in [-0.15, -0.1) is 0 Å². The molecule has 8 heteroatoms. The van der Waals surface area contributed by atoms with Crippen LogP contribution in [-0.4, -0.2) is 43.6 Å². The maximum Gasteiger partial charge on any atom is 0.342 e. The minimum atomic E-state index is -0.468. The third-order valence-corrected chi connectivity index (χ3v) is 5.77. The highest BCUT2D eigenvalue weighted by Gasteiger charge is 2.28. The normalized spacial score (nSPS) is 13.0. The monoisotopic (exact) mass is 457 g/mol. The summed E-state index contributed by atoms with van der Waals surface area (Å²) in [7, 11) is 2.01. The molecular weight excluding hydrogens is 434 g/mol. The topological polar surface area (TPSA) is 85.1 Å². The van der Waals surface area contributed by atoms with Gasteiger partial charge in [0, 0.05) is 31.7 Å². The molecule has 1 amide bonds. The fourth-order valence-corrected chi connectivity index (χ4v) is 4.07. The number of benzene rings is 2. The van der Waals surface area contributed by atoms with Crippen molar-refractivity contribution in [1.29, 1.82) is 0 Å². The maximum absolute atomic E-state index is 13.6. The van der Waals surface area contributed by atoms with Crippen LogP contribution in [-0.2, 0) is 4.74 Å². The van der Waals surface area contributed by atoms with Gasteiger partial charge in [0.25, 0.3) is 5.91 Å². The van der Waals surface area contributed by atoms with Crippen LogP contribution < -0.4 is 14.5 Å². The second-order valence-corrected chi connectivity index (χ2v) is 7.87. The molecule has 0 fully saturated rings. The van der Waals surface area contributed by atoms with Crippen molar-refractivity contribution in [3.63, 3.8) is 0 Å². The average Bonchev–Trinajstić information content (AvgIpc) is 3.28. The number of esters is 1. The summed E-state index contributed by atoms with van der Waals surface area (Å²) in [6.07, 6.45) is 4.46. The smallest absolute Gasteiger partial charge is 0.342 e. The molecule has 0 saturated carbocycles. The van der Waals surface area contributed by atoms with Gasteiger partial charge in [0.1, 0.15) is 23.2 Å². The number of rotatable bonds is 5. The molecule has 0 saturated heterocycles. The molecule has 4 aromatic rings. The van der Waals surface area contributed by atoms with Crippen molar-refractivity contribution in [1.82, 2.24) is 4.98 Å². The number of anilines is 2. The molecule has 0 N–H and O–H groups in total. The number of furan rings is 1. The molecule has 172 valence electrons. The molecule has 8 nitrogen and oxygen atoms in total. The van der Waals surface area contributed by atoms with Crippen molar-refractivity contribution in [2.75, 3.05) is 36.5 Å². The van der Waals surface area contributed by atoms with E-state index in [-0.39, 0.29) is 12.5 Å². The van der Waals surface area contributed by atoms with E-state index >= 15 is 0 Å². The predicted octanol–water partition coefficient (Wildman–Crippen LogP) is 4.89. The van der Waals surface area contributed by atoms with E-state index in [2.05, 4.69) is 9.88 Å². The Kier molecular flexibility index (Phi) is 5.63. The SMILES string of the molecule is CCOC(=O)c1coc2ccc(Oc3cnccc3C(=O)N3CCN(C)c4ccccc43)cc12. The van der Waals surface area contributed by atoms with E-state index in [0.29, 0.717) is 40.1 Å². The highest BCUT2D eigenvalue weighted by molar-refractivity contribution is 6.10. The fourth-order valence-electron chi connectivity index (χ4n) is 4.07. The first-order chi connectivity index (χ1) is 16.6. The Morgan fingerprint density at radius 1 is 1.06 bits per heavy atom. The van der Waals surface area contributed by atoms with E-state index in [9.17, 15) is 9.59 Å². The Morgan fingerprint density at radius 3 is 2.71 bits per heavy atom. The number of likely N-dealkylation sites (N-methyl/N-ethyl adjacent to an activating group) is 1. The summed E-state index contributed by atoms with van der Waals surface area (Å²) in [6.45, 7) is 3.28. The zero-order valence-electron chi connectivity index (χ0n) is 18.9. The Morgan fingerprint density at radius 2 is 1.88 bits per heavy atom. The van der Waals surface area contributed by atoms with Gasteiger partial charge in [-0.2, -0.15) is 0 Å². The number of pyridine rings is 1. The van der Waals surface area contributed by atoms with E-state index in [1.165, 1.54) is 12.5 Å². The van der Waals surface area contributed by atoms with Crippen molar-refractivity contribution >= 4 is 34.2 Å². The van der Waals surface area contributed by atoms with Crippen LogP contribution in [0.4, 0.5) is 11.4 Å². The minimum absolute atomic E-state index is 0.172. The zero-order chi connectivity index (χ0) is 23.7. The molecule has 0 unspecified atom stereocenters. The summed E-state index contributed by atoms with van der Waals surface area (Å²) in [4.78, 5) is 33.9. The number of fused-ring (bicyclic) bond motifs is 2. The third kappa shape index (κ3) is 3.83. The molecule has 0 aliphatic carbocycles. The number of carbonyl (C=O) groups excluding carboxylic acids is 2. The number of nitrogens with zero attached hydrogens (tertiary/aromatic N) is 3. The number of hydrogen-bond acceptors (Lipinski definition) is 7. The van der Waals surface area contributed by atoms with Gasteiger partial charge >= 0.3 is 5.97 Å². The zero-order valence-corrected chi connectivity index (χ0v) is 18.9. The molecule has 3 heterocycles. The van der Waals surface area contributed by atoms with Crippen molar-refractivity contribution < 1.29 is 23.5 Å². The first kappa shape index (κ1) is 21.5. The number of para-hydroxylation sites is 2. The molecule has 0 radical (unpaired) electrons. The van der Waals surface area contributed by atoms with Gasteiger partial charge < -0.3 is 23.7 Å². The van der Waals surface area contributed by atoms with Crippen molar-refractivity contribution in [3.05, 3.63) is 78.3 Å². The molecule has 5 rings (SSSR count). The largest absolute Gasteiger partial charge is 0.463 e. The maximum atomic E-state index is 13.6. The van der Waals surface area contributed by atoms with Crippen LogP contribution in [0.25, 0.3) is 11.0 Å². The van der Waals surface area contributed by atoms with Gasteiger partial charge in [0.15, 0.2) is 5.75 Å². The summed E-state index contributed by atoms with van der Waals surface area (Å²) in [5, 5.41) is 0.570. The van der Waals surface area contributed by atoms with Gasteiger partial charge in [0.05, 0.1) is 29.7 Å². The van der Waals surface area contributed by atoms with Gasteiger partial charge in [-0.1, -0.05) is 12.1 Å². The van der Waals surface area contributed by atoms with Gasteiger partial charge in [-0.25, -0.2) is 4.79 Å². The van der Waals surface area contributed by atoms with E-state index < -0.39 is 5.97 Å². The fraction of sp³-hybridized carbons (Fsp3) is 0.192. The molecule has 0 bridgehead atoms. The summed E-state index contributed by atoms with van der Waals surface area (Å²) in [5.74, 6) is 0.128. The molecule has 2 aromatic carbocycles.